The minimum absolute atomic E-state index is 0.0879. The fourth-order valence-corrected chi connectivity index (χ4v) is 3.19. The highest BCUT2D eigenvalue weighted by atomic mass is 35.5. The van der Waals surface area contributed by atoms with Crippen molar-refractivity contribution in [3.05, 3.63) is 45.9 Å². The van der Waals surface area contributed by atoms with E-state index in [1.165, 1.54) is 18.2 Å². The first-order chi connectivity index (χ1) is 11.5. The predicted molar refractivity (Wildman–Crippen MR) is 85.9 cm³/mol. The van der Waals surface area contributed by atoms with Crippen molar-refractivity contribution in [3.63, 3.8) is 0 Å². The van der Waals surface area contributed by atoms with Gasteiger partial charge >= 0.3 is 6.03 Å². The topological polar surface area (TPSA) is 70.7 Å². The van der Waals surface area contributed by atoms with Crippen molar-refractivity contribution in [2.75, 3.05) is 26.3 Å². The highest BCUT2D eigenvalue weighted by Crippen LogP contribution is 2.34. The largest absolute Gasteiger partial charge is 0.378 e. The Balaban J connectivity index is 2.04. The van der Waals surface area contributed by atoms with Crippen molar-refractivity contribution < 1.29 is 18.7 Å². The normalized spacial score (nSPS) is 21.4. The number of amides is 3. The van der Waals surface area contributed by atoms with Crippen molar-refractivity contribution in [2.24, 2.45) is 0 Å². The molecule has 2 heterocycles. The Kier molecular flexibility index (Phi) is 4.73. The summed E-state index contributed by atoms with van der Waals surface area (Å²) >= 11 is 6.13. The Labute approximate surface area is 143 Å². The summed E-state index contributed by atoms with van der Waals surface area (Å²) in [5.74, 6) is -0.845. The molecule has 0 aromatic heterocycles. The SMILES string of the molecule is CC1=C(C(=O)N2CCOCC2)[C@H](c2c(F)cccc2Cl)NC(=O)N1. The highest BCUT2D eigenvalue weighted by Gasteiger charge is 2.36. The molecule has 2 aliphatic heterocycles. The van der Waals surface area contributed by atoms with Crippen LogP contribution in [0.15, 0.2) is 29.5 Å². The smallest absolute Gasteiger partial charge is 0.319 e. The number of urea groups is 1. The number of halogens is 2. The lowest BCUT2D eigenvalue weighted by Gasteiger charge is -2.34. The van der Waals surface area contributed by atoms with Crippen LogP contribution in [0.1, 0.15) is 18.5 Å². The van der Waals surface area contributed by atoms with Gasteiger partial charge in [-0.25, -0.2) is 9.18 Å². The summed E-state index contributed by atoms with van der Waals surface area (Å²) in [6.45, 7) is 3.41. The second-order valence-corrected chi connectivity index (χ2v) is 6.02. The third kappa shape index (κ3) is 3.09. The van der Waals surface area contributed by atoms with E-state index < -0.39 is 17.9 Å². The zero-order valence-electron chi connectivity index (χ0n) is 13.1. The zero-order chi connectivity index (χ0) is 17.3. The van der Waals surface area contributed by atoms with Crippen LogP contribution in [0.3, 0.4) is 0 Å². The number of nitrogens with zero attached hydrogens (tertiary/aromatic N) is 1. The third-order valence-electron chi connectivity index (χ3n) is 4.09. The van der Waals surface area contributed by atoms with Gasteiger partial charge in [-0.2, -0.15) is 0 Å². The van der Waals surface area contributed by atoms with E-state index in [1.807, 2.05) is 0 Å². The lowest BCUT2D eigenvalue weighted by molar-refractivity contribution is -0.131. The van der Waals surface area contributed by atoms with Gasteiger partial charge in [0.25, 0.3) is 5.91 Å². The van der Waals surface area contributed by atoms with Gasteiger partial charge in [-0.15, -0.1) is 0 Å². The van der Waals surface area contributed by atoms with Crippen molar-refractivity contribution in [1.29, 1.82) is 0 Å². The van der Waals surface area contributed by atoms with E-state index in [2.05, 4.69) is 10.6 Å². The molecule has 1 aromatic rings. The quantitative estimate of drug-likeness (QED) is 0.854. The lowest BCUT2D eigenvalue weighted by Crippen LogP contribution is -2.49. The van der Waals surface area contributed by atoms with Gasteiger partial charge in [0.05, 0.1) is 24.8 Å². The molecule has 24 heavy (non-hydrogen) atoms. The molecule has 0 aliphatic carbocycles. The Morgan fingerprint density at radius 1 is 1.38 bits per heavy atom. The number of morpholine rings is 1. The first kappa shape index (κ1) is 16.7. The number of hydrogen-bond donors (Lipinski definition) is 2. The maximum absolute atomic E-state index is 14.3. The van der Waals surface area contributed by atoms with Crippen molar-refractivity contribution >= 4 is 23.5 Å². The summed E-state index contributed by atoms with van der Waals surface area (Å²) in [5.41, 5.74) is 0.757. The molecule has 0 bridgehead atoms. The molecule has 128 valence electrons. The molecule has 3 amide bonds. The van der Waals surface area contributed by atoms with Gasteiger partial charge in [0.15, 0.2) is 0 Å². The Morgan fingerprint density at radius 2 is 2.08 bits per heavy atom. The Hall–Kier alpha value is -2.12. The molecule has 1 saturated heterocycles. The van der Waals surface area contributed by atoms with E-state index in [-0.39, 0.29) is 22.1 Å². The summed E-state index contributed by atoms with van der Waals surface area (Å²) in [7, 11) is 0. The summed E-state index contributed by atoms with van der Waals surface area (Å²) in [5, 5.41) is 5.33. The van der Waals surface area contributed by atoms with E-state index >= 15 is 0 Å². The number of carbonyl (C=O) groups excluding carboxylic acids is 2. The van der Waals surface area contributed by atoms with Crippen molar-refractivity contribution in [2.45, 2.75) is 13.0 Å². The van der Waals surface area contributed by atoms with Gasteiger partial charge in [-0.3, -0.25) is 4.79 Å². The van der Waals surface area contributed by atoms with Crippen molar-refractivity contribution in [3.8, 4) is 0 Å². The zero-order valence-corrected chi connectivity index (χ0v) is 13.8. The Morgan fingerprint density at radius 3 is 2.75 bits per heavy atom. The number of rotatable bonds is 2. The molecule has 6 nitrogen and oxygen atoms in total. The van der Waals surface area contributed by atoms with Crippen LogP contribution in [0.25, 0.3) is 0 Å². The minimum Gasteiger partial charge on any atom is -0.378 e. The average Bonchev–Trinajstić information content (AvgIpc) is 2.54. The van der Waals surface area contributed by atoms with Crippen molar-refractivity contribution in [1.82, 2.24) is 15.5 Å². The molecule has 1 atom stereocenters. The fourth-order valence-electron chi connectivity index (χ4n) is 2.92. The molecule has 0 spiro atoms. The molecule has 3 rings (SSSR count). The Bertz CT molecular complexity index is 696. The lowest BCUT2D eigenvalue weighted by atomic mass is 9.94. The van der Waals surface area contributed by atoms with Crippen LogP contribution in [-0.4, -0.2) is 43.1 Å². The van der Waals surface area contributed by atoms with E-state index in [1.54, 1.807) is 11.8 Å². The van der Waals surface area contributed by atoms with Gasteiger partial charge < -0.3 is 20.3 Å². The van der Waals surface area contributed by atoms with Crippen LogP contribution in [-0.2, 0) is 9.53 Å². The minimum atomic E-state index is -0.942. The van der Waals surface area contributed by atoms with Gasteiger partial charge in [0.2, 0.25) is 0 Å². The molecule has 0 radical (unpaired) electrons. The first-order valence-electron chi connectivity index (χ1n) is 7.58. The highest BCUT2D eigenvalue weighted by molar-refractivity contribution is 6.31. The van der Waals surface area contributed by atoms with Crippen LogP contribution in [0.5, 0.6) is 0 Å². The maximum Gasteiger partial charge on any atom is 0.319 e. The number of nitrogens with one attached hydrogen (secondary N) is 2. The molecule has 1 aromatic carbocycles. The summed E-state index contributed by atoms with van der Waals surface area (Å²) in [6, 6.07) is 2.81. The van der Waals surface area contributed by atoms with Crippen LogP contribution in [0, 0.1) is 5.82 Å². The van der Waals surface area contributed by atoms with E-state index in [0.29, 0.717) is 32.0 Å². The first-order valence-corrected chi connectivity index (χ1v) is 7.96. The van der Waals surface area contributed by atoms with Gasteiger partial charge in [0.1, 0.15) is 5.82 Å². The molecule has 0 saturated carbocycles. The second kappa shape index (κ2) is 6.78. The van der Waals surface area contributed by atoms with Crippen LogP contribution < -0.4 is 10.6 Å². The average molecular weight is 354 g/mol. The molecule has 2 N–H and O–H groups in total. The van der Waals surface area contributed by atoms with Crippen LogP contribution in [0.2, 0.25) is 5.02 Å². The summed E-state index contributed by atoms with van der Waals surface area (Å²) < 4.78 is 19.6. The molecule has 1 fully saturated rings. The summed E-state index contributed by atoms with van der Waals surface area (Å²) in [4.78, 5) is 26.4. The number of carbonyl (C=O) groups is 2. The van der Waals surface area contributed by atoms with E-state index in [9.17, 15) is 14.0 Å². The van der Waals surface area contributed by atoms with Crippen LogP contribution in [0.4, 0.5) is 9.18 Å². The number of benzene rings is 1. The molecular formula is C16H17ClFN3O3. The van der Waals surface area contributed by atoms with E-state index in [4.69, 9.17) is 16.3 Å². The molecular weight excluding hydrogens is 337 g/mol. The van der Waals surface area contributed by atoms with Gasteiger partial charge in [0, 0.05) is 29.4 Å². The molecule has 2 aliphatic rings. The number of hydrogen-bond acceptors (Lipinski definition) is 3. The predicted octanol–water partition coefficient (Wildman–Crippen LogP) is 1.97. The molecule has 0 unspecified atom stereocenters. The standard InChI is InChI=1S/C16H17ClFN3O3/c1-9-12(15(22)21-5-7-24-8-6-21)14(20-16(23)19-9)13-10(17)3-2-4-11(13)18/h2-4,14H,5-8H2,1H3,(H2,19,20,23)/t14-/m1/s1. The second-order valence-electron chi connectivity index (χ2n) is 5.61. The van der Waals surface area contributed by atoms with E-state index in [0.717, 1.165) is 0 Å². The van der Waals surface area contributed by atoms with Crippen LogP contribution >= 0.6 is 11.6 Å². The molecule has 8 heteroatoms. The fraction of sp³-hybridized carbons (Fsp3) is 0.375. The number of ether oxygens (including phenoxy) is 1. The van der Waals surface area contributed by atoms with Gasteiger partial charge in [-0.05, 0) is 19.1 Å². The maximum atomic E-state index is 14.3. The third-order valence-corrected chi connectivity index (χ3v) is 4.42. The monoisotopic (exact) mass is 353 g/mol. The number of allylic oxidation sites excluding steroid dienone is 1. The van der Waals surface area contributed by atoms with Gasteiger partial charge in [-0.1, -0.05) is 17.7 Å². The summed E-state index contributed by atoms with van der Waals surface area (Å²) in [6.07, 6.45) is 0.